The van der Waals surface area contributed by atoms with Gasteiger partial charge < -0.3 is 33.8 Å². The molecule has 0 heterocycles. The number of aliphatic hydroxyl groups is 1. The van der Waals surface area contributed by atoms with Crippen molar-refractivity contribution in [2.24, 2.45) is 11.8 Å². The number of phosphoric ester groups is 2. The van der Waals surface area contributed by atoms with Gasteiger partial charge in [-0.3, -0.25) is 37.3 Å². The Morgan fingerprint density at radius 1 is 0.276 bits per heavy atom. The predicted octanol–water partition coefficient (Wildman–Crippen LogP) is 23.5. The summed E-state index contributed by atoms with van der Waals surface area (Å²) >= 11 is 0. The van der Waals surface area contributed by atoms with E-state index in [9.17, 15) is 43.2 Å². The van der Waals surface area contributed by atoms with Crippen LogP contribution in [0.25, 0.3) is 0 Å². The number of carbonyl (C=O) groups excluding carboxylic acids is 4. The third-order valence-corrected chi connectivity index (χ3v) is 20.4. The largest absolute Gasteiger partial charge is 0.472 e. The van der Waals surface area contributed by atoms with Crippen LogP contribution in [0.2, 0.25) is 0 Å². The average Bonchev–Trinajstić information content (AvgIpc) is 3.44. The minimum absolute atomic E-state index is 0.107. The van der Waals surface area contributed by atoms with Crippen molar-refractivity contribution in [2.45, 2.75) is 432 Å². The van der Waals surface area contributed by atoms with Crippen LogP contribution in [0.15, 0.2) is 0 Å². The lowest BCUT2D eigenvalue weighted by Crippen LogP contribution is -2.30. The summed E-state index contributed by atoms with van der Waals surface area (Å²) in [6.07, 6.45) is 59.7. The van der Waals surface area contributed by atoms with Crippen molar-refractivity contribution in [3.05, 3.63) is 0 Å². The maximum absolute atomic E-state index is 13.1. The molecule has 0 saturated carbocycles. The van der Waals surface area contributed by atoms with Crippen molar-refractivity contribution < 1.29 is 80.2 Å². The Kier molecular flexibility index (Phi) is 69.3. The summed E-state index contributed by atoms with van der Waals surface area (Å²) < 4.78 is 68.6. The first-order valence-corrected chi connectivity index (χ1v) is 44.0. The summed E-state index contributed by atoms with van der Waals surface area (Å²) in [5.74, 6) is -0.565. The van der Waals surface area contributed by atoms with E-state index in [1.165, 1.54) is 231 Å². The lowest BCUT2D eigenvalue weighted by atomic mass is 10.0. The second-order valence-electron chi connectivity index (χ2n) is 29.4. The molecule has 0 rings (SSSR count). The molecule has 0 aromatic carbocycles. The summed E-state index contributed by atoms with van der Waals surface area (Å²) in [5, 5.41) is 10.6. The molecule has 0 aliphatic carbocycles. The molecule has 0 aliphatic heterocycles. The van der Waals surface area contributed by atoms with E-state index < -0.39 is 97.5 Å². The van der Waals surface area contributed by atoms with Crippen LogP contribution in [0.4, 0.5) is 0 Å². The van der Waals surface area contributed by atoms with Gasteiger partial charge in [0.15, 0.2) is 12.2 Å². The highest BCUT2D eigenvalue weighted by atomic mass is 31.2. The first-order valence-electron chi connectivity index (χ1n) is 41.0. The van der Waals surface area contributed by atoms with Gasteiger partial charge in [0.05, 0.1) is 26.4 Å². The van der Waals surface area contributed by atoms with Crippen LogP contribution in [-0.4, -0.2) is 96.7 Å². The van der Waals surface area contributed by atoms with E-state index in [-0.39, 0.29) is 25.7 Å². The molecule has 0 spiro atoms. The molecular formula is C79H154O17P2. The zero-order valence-corrected chi connectivity index (χ0v) is 65.9. The summed E-state index contributed by atoms with van der Waals surface area (Å²) in [7, 11) is -9.91. The van der Waals surface area contributed by atoms with Gasteiger partial charge in [0.1, 0.15) is 19.3 Å². The molecule has 5 atom stereocenters. The number of esters is 4. The molecule has 19 heteroatoms. The molecule has 0 amide bonds. The van der Waals surface area contributed by atoms with Gasteiger partial charge in [-0.15, -0.1) is 0 Å². The van der Waals surface area contributed by atoms with Gasteiger partial charge in [-0.2, -0.15) is 0 Å². The third-order valence-electron chi connectivity index (χ3n) is 18.5. The molecule has 17 nitrogen and oxygen atoms in total. The van der Waals surface area contributed by atoms with Crippen molar-refractivity contribution in [3.63, 3.8) is 0 Å². The monoisotopic (exact) mass is 1440 g/mol. The van der Waals surface area contributed by atoms with Gasteiger partial charge in [0.2, 0.25) is 0 Å². The molecule has 2 unspecified atom stereocenters. The van der Waals surface area contributed by atoms with Gasteiger partial charge in [-0.1, -0.05) is 363 Å². The second-order valence-corrected chi connectivity index (χ2v) is 32.3. The fourth-order valence-electron chi connectivity index (χ4n) is 12.2. The van der Waals surface area contributed by atoms with E-state index in [2.05, 4.69) is 41.5 Å². The molecule has 0 fully saturated rings. The van der Waals surface area contributed by atoms with Gasteiger partial charge in [0.25, 0.3) is 0 Å². The highest BCUT2D eigenvalue weighted by Gasteiger charge is 2.30. The molecule has 0 saturated heterocycles. The van der Waals surface area contributed by atoms with Crippen molar-refractivity contribution in [1.29, 1.82) is 0 Å². The zero-order chi connectivity index (χ0) is 72.1. The van der Waals surface area contributed by atoms with Gasteiger partial charge >= 0.3 is 39.5 Å². The Labute approximate surface area is 600 Å². The standard InChI is InChI=1S/C79H154O17P2/c1-7-9-11-13-15-17-18-19-20-21-22-23-24-25-26-33-39-45-51-57-63-78(83)96-75(68-90-77(82)62-56-50-44-38-32-28-27-30-36-41-47-53-59-71(3)4)70-94-98(87,88)92-66-73(80)65-91-97(85,86)93-69-74(67-89-76(81)61-55-49-43-35-16-14-12-10-8-2)95-79(84)64-58-52-46-40-34-29-31-37-42-48-54-60-72(5)6/h71-75,80H,7-70H2,1-6H3,(H,85,86)(H,87,88)/t73-,74+,75+/m0/s1. The maximum atomic E-state index is 13.1. The Bertz CT molecular complexity index is 1890. The summed E-state index contributed by atoms with van der Waals surface area (Å²) in [6.45, 7) is 9.62. The summed E-state index contributed by atoms with van der Waals surface area (Å²) in [5.41, 5.74) is 0. The van der Waals surface area contributed by atoms with Crippen LogP contribution >= 0.6 is 15.6 Å². The summed E-state index contributed by atoms with van der Waals surface area (Å²) in [4.78, 5) is 72.9. The van der Waals surface area contributed by atoms with E-state index in [0.717, 1.165) is 102 Å². The SMILES string of the molecule is CCCCCCCCCCCCCCCCCCCCCCC(=O)O[C@H](COC(=O)CCCCCCCCCCCCCCC(C)C)COP(=O)(O)OC[C@@H](O)COP(=O)(O)OC[C@@H](COC(=O)CCCCCCCCCCC)OC(=O)CCCCCCCCCCCCCC(C)C. The van der Waals surface area contributed by atoms with Crippen molar-refractivity contribution in [3.8, 4) is 0 Å². The van der Waals surface area contributed by atoms with E-state index in [1.54, 1.807) is 0 Å². The van der Waals surface area contributed by atoms with Crippen molar-refractivity contribution in [1.82, 2.24) is 0 Å². The van der Waals surface area contributed by atoms with Crippen LogP contribution < -0.4 is 0 Å². The molecule has 0 aromatic heterocycles. The number of unbranched alkanes of at least 4 members (excludes halogenated alkanes) is 48. The topological polar surface area (TPSA) is 237 Å². The van der Waals surface area contributed by atoms with Crippen molar-refractivity contribution >= 4 is 39.5 Å². The van der Waals surface area contributed by atoms with Crippen LogP contribution in [-0.2, 0) is 65.4 Å². The third kappa shape index (κ3) is 72.4. The molecule has 0 aliphatic rings. The first-order chi connectivity index (χ1) is 47.4. The van der Waals surface area contributed by atoms with Crippen molar-refractivity contribution in [2.75, 3.05) is 39.6 Å². The Morgan fingerprint density at radius 3 is 0.694 bits per heavy atom. The predicted molar refractivity (Wildman–Crippen MR) is 400 cm³/mol. The van der Waals surface area contributed by atoms with Crippen LogP contribution in [0, 0.1) is 11.8 Å². The molecule has 0 bridgehead atoms. The highest BCUT2D eigenvalue weighted by molar-refractivity contribution is 7.47. The summed E-state index contributed by atoms with van der Waals surface area (Å²) in [6, 6.07) is 0. The quantitative estimate of drug-likeness (QED) is 0.0222. The van der Waals surface area contributed by atoms with Gasteiger partial charge in [-0.05, 0) is 37.5 Å². The Balaban J connectivity index is 5.21. The number of ether oxygens (including phenoxy) is 4. The highest BCUT2D eigenvalue weighted by Crippen LogP contribution is 2.45. The normalized spacial score (nSPS) is 13.9. The first kappa shape index (κ1) is 96.1. The number of aliphatic hydroxyl groups excluding tert-OH is 1. The Morgan fingerprint density at radius 2 is 0.469 bits per heavy atom. The minimum atomic E-state index is -4.96. The van der Waals surface area contributed by atoms with Gasteiger partial charge in [0, 0.05) is 25.7 Å². The maximum Gasteiger partial charge on any atom is 0.472 e. The Hall–Kier alpha value is -1.94. The van der Waals surface area contributed by atoms with Crippen LogP contribution in [0.5, 0.6) is 0 Å². The van der Waals surface area contributed by atoms with Gasteiger partial charge in [-0.25, -0.2) is 9.13 Å². The van der Waals surface area contributed by atoms with Crippen LogP contribution in [0.1, 0.15) is 414 Å². The number of phosphoric acid groups is 2. The average molecular weight is 1440 g/mol. The molecule has 582 valence electrons. The smallest absolute Gasteiger partial charge is 0.462 e. The molecule has 0 aromatic rings. The van der Waals surface area contributed by atoms with E-state index in [4.69, 9.17) is 37.0 Å². The number of rotatable bonds is 78. The fraction of sp³-hybridized carbons (Fsp3) is 0.949. The lowest BCUT2D eigenvalue weighted by molar-refractivity contribution is -0.161. The van der Waals surface area contributed by atoms with E-state index in [0.29, 0.717) is 25.7 Å². The molecule has 3 N–H and O–H groups in total. The molecule has 0 radical (unpaired) electrons. The lowest BCUT2D eigenvalue weighted by Gasteiger charge is -2.21. The molecular weight excluding hydrogens is 1280 g/mol. The zero-order valence-electron chi connectivity index (χ0n) is 64.1. The number of hydrogen-bond acceptors (Lipinski definition) is 15. The minimum Gasteiger partial charge on any atom is -0.462 e. The molecule has 98 heavy (non-hydrogen) atoms. The number of hydrogen-bond donors (Lipinski definition) is 3. The number of carbonyl (C=O) groups is 4. The van der Waals surface area contributed by atoms with Crippen LogP contribution in [0.3, 0.4) is 0 Å². The van der Waals surface area contributed by atoms with E-state index >= 15 is 0 Å². The fourth-order valence-corrected chi connectivity index (χ4v) is 13.8. The second kappa shape index (κ2) is 70.7. The van der Waals surface area contributed by atoms with E-state index in [1.807, 2.05) is 0 Å².